The van der Waals surface area contributed by atoms with Gasteiger partial charge in [0.15, 0.2) is 12.4 Å². The van der Waals surface area contributed by atoms with Gasteiger partial charge in [-0.1, -0.05) is 35.3 Å². The summed E-state index contributed by atoms with van der Waals surface area (Å²) in [4.78, 5) is 18.8. The van der Waals surface area contributed by atoms with Crippen molar-refractivity contribution >= 4 is 50.5 Å². The lowest BCUT2D eigenvalue weighted by molar-refractivity contribution is -0.118. The zero-order valence-electron chi connectivity index (χ0n) is 17.5. The van der Waals surface area contributed by atoms with Crippen LogP contribution >= 0.6 is 23.2 Å². The van der Waals surface area contributed by atoms with E-state index in [2.05, 4.69) is 10.3 Å². The number of rotatable bonds is 6. The number of anilines is 2. The summed E-state index contributed by atoms with van der Waals surface area (Å²) in [5.74, 6) is -0.143. The SMILES string of the molecule is Cc1nc(C)c(Cl)c(OCC(=O)Nc2ccccc2N2CCN(S(C)(=O)=O)CC2)c1Cl. The Morgan fingerprint density at radius 1 is 1.10 bits per heavy atom. The van der Waals surface area contributed by atoms with E-state index in [1.807, 2.05) is 23.1 Å². The second-order valence-corrected chi connectivity index (χ2v) is 9.98. The van der Waals surface area contributed by atoms with Gasteiger partial charge in [-0.2, -0.15) is 4.31 Å². The summed E-state index contributed by atoms with van der Waals surface area (Å²) in [6.07, 6.45) is 1.21. The number of sulfonamides is 1. The highest BCUT2D eigenvalue weighted by molar-refractivity contribution is 7.88. The van der Waals surface area contributed by atoms with Gasteiger partial charge in [0.25, 0.3) is 5.91 Å². The Morgan fingerprint density at radius 3 is 2.26 bits per heavy atom. The maximum Gasteiger partial charge on any atom is 0.262 e. The predicted molar refractivity (Wildman–Crippen MR) is 123 cm³/mol. The molecule has 1 N–H and O–H groups in total. The van der Waals surface area contributed by atoms with Gasteiger partial charge >= 0.3 is 0 Å². The van der Waals surface area contributed by atoms with Crippen LogP contribution < -0.4 is 15.0 Å². The lowest BCUT2D eigenvalue weighted by atomic mass is 10.2. The molecule has 2 aromatic rings. The molecule has 0 unspecified atom stereocenters. The second kappa shape index (κ2) is 9.60. The Labute approximate surface area is 192 Å². The van der Waals surface area contributed by atoms with E-state index in [0.29, 0.717) is 43.3 Å². The number of aryl methyl sites for hydroxylation is 2. The first-order chi connectivity index (χ1) is 14.6. The third kappa shape index (κ3) is 5.60. The topological polar surface area (TPSA) is 91.8 Å². The van der Waals surface area contributed by atoms with Gasteiger partial charge in [-0.05, 0) is 26.0 Å². The number of amides is 1. The molecule has 8 nitrogen and oxygen atoms in total. The number of carbonyl (C=O) groups is 1. The highest BCUT2D eigenvalue weighted by atomic mass is 35.5. The van der Waals surface area contributed by atoms with E-state index in [9.17, 15) is 13.2 Å². The van der Waals surface area contributed by atoms with Crippen molar-refractivity contribution in [2.45, 2.75) is 13.8 Å². The smallest absolute Gasteiger partial charge is 0.262 e. The first-order valence-electron chi connectivity index (χ1n) is 9.62. The molecular formula is C20H24Cl2N4O4S. The highest BCUT2D eigenvalue weighted by Gasteiger charge is 2.25. The number of hydrogen-bond donors (Lipinski definition) is 1. The van der Waals surface area contributed by atoms with Gasteiger partial charge < -0.3 is 15.0 Å². The zero-order chi connectivity index (χ0) is 22.8. The van der Waals surface area contributed by atoms with Crippen molar-refractivity contribution in [3.63, 3.8) is 0 Å². The van der Waals surface area contributed by atoms with Crippen LogP contribution in [0.5, 0.6) is 5.75 Å². The molecule has 1 aromatic carbocycles. The Bertz CT molecular complexity index is 1060. The van der Waals surface area contributed by atoms with Crippen molar-refractivity contribution < 1.29 is 17.9 Å². The van der Waals surface area contributed by atoms with Crippen molar-refractivity contribution in [2.24, 2.45) is 0 Å². The fourth-order valence-electron chi connectivity index (χ4n) is 3.34. The van der Waals surface area contributed by atoms with Crippen LogP contribution in [0.3, 0.4) is 0 Å². The normalized spacial score (nSPS) is 15.1. The molecule has 0 saturated carbocycles. The van der Waals surface area contributed by atoms with Crippen LogP contribution in [0.15, 0.2) is 24.3 Å². The number of nitrogens with one attached hydrogen (secondary N) is 1. The number of piperazine rings is 1. The van der Waals surface area contributed by atoms with Gasteiger partial charge in [0.2, 0.25) is 10.0 Å². The molecule has 3 rings (SSSR count). The zero-order valence-corrected chi connectivity index (χ0v) is 19.8. The number of carbonyl (C=O) groups excluding carboxylic acids is 1. The molecule has 1 aromatic heterocycles. The summed E-state index contributed by atoms with van der Waals surface area (Å²) in [5, 5.41) is 3.39. The summed E-state index contributed by atoms with van der Waals surface area (Å²) in [6.45, 7) is 5.02. The molecular weight excluding hydrogens is 463 g/mol. The van der Waals surface area contributed by atoms with E-state index in [1.54, 1.807) is 19.9 Å². The van der Waals surface area contributed by atoms with E-state index in [0.717, 1.165) is 5.69 Å². The van der Waals surface area contributed by atoms with Crippen LogP contribution in [-0.4, -0.2) is 62.7 Å². The van der Waals surface area contributed by atoms with Gasteiger partial charge in [0, 0.05) is 26.2 Å². The van der Waals surface area contributed by atoms with Gasteiger partial charge in [-0.15, -0.1) is 0 Å². The monoisotopic (exact) mass is 486 g/mol. The van der Waals surface area contributed by atoms with Crippen LogP contribution in [-0.2, 0) is 14.8 Å². The predicted octanol–water partition coefficient (Wildman–Crippen LogP) is 3.10. The fourth-order valence-corrected chi connectivity index (χ4v) is 4.60. The molecule has 0 radical (unpaired) electrons. The molecule has 0 bridgehead atoms. The van der Waals surface area contributed by atoms with Crippen LogP contribution in [0.1, 0.15) is 11.4 Å². The van der Waals surface area contributed by atoms with Crippen molar-refractivity contribution in [1.29, 1.82) is 0 Å². The number of pyridine rings is 1. The van der Waals surface area contributed by atoms with E-state index < -0.39 is 10.0 Å². The third-order valence-electron chi connectivity index (χ3n) is 4.94. The molecule has 0 atom stereocenters. The quantitative estimate of drug-likeness (QED) is 0.674. The van der Waals surface area contributed by atoms with Gasteiger partial charge in [0.1, 0.15) is 10.0 Å². The van der Waals surface area contributed by atoms with Gasteiger partial charge in [-0.25, -0.2) is 8.42 Å². The minimum absolute atomic E-state index is 0.230. The van der Waals surface area contributed by atoms with Crippen molar-refractivity contribution in [2.75, 3.05) is 49.3 Å². The van der Waals surface area contributed by atoms with E-state index >= 15 is 0 Å². The number of aromatic nitrogens is 1. The Kier molecular flexibility index (Phi) is 7.31. The van der Waals surface area contributed by atoms with Crippen LogP contribution in [0.4, 0.5) is 11.4 Å². The molecule has 1 amide bonds. The molecule has 1 aliphatic rings. The molecule has 168 valence electrons. The Morgan fingerprint density at radius 2 is 1.68 bits per heavy atom. The molecule has 0 aliphatic carbocycles. The van der Waals surface area contributed by atoms with E-state index in [-0.39, 0.29) is 28.3 Å². The molecule has 2 heterocycles. The minimum Gasteiger partial charge on any atom is -0.480 e. The van der Waals surface area contributed by atoms with Crippen LogP contribution in [0.2, 0.25) is 10.0 Å². The first-order valence-corrected chi connectivity index (χ1v) is 12.2. The molecule has 1 fully saturated rings. The number of benzene rings is 1. The van der Waals surface area contributed by atoms with Crippen LogP contribution in [0, 0.1) is 13.8 Å². The summed E-state index contributed by atoms with van der Waals surface area (Å²) in [5.41, 5.74) is 2.56. The maximum absolute atomic E-state index is 12.6. The number of ether oxygens (including phenoxy) is 1. The summed E-state index contributed by atoms with van der Waals surface area (Å²) >= 11 is 12.5. The fraction of sp³-hybridized carbons (Fsp3) is 0.400. The number of hydrogen-bond acceptors (Lipinski definition) is 6. The summed E-state index contributed by atoms with van der Waals surface area (Å²) < 4.78 is 30.5. The average Bonchev–Trinajstić information content (AvgIpc) is 2.72. The van der Waals surface area contributed by atoms with Crippen LogP contribution in [0.25, 0.3) is 0 Å². The first kappa shape index (κ1) is 23.6. The van der Waals surface area contributed by atoms with E-state index in [4.69, 9.17) is 27.9 Å². The Balaban J connectivity index is 1.67. The molecule has 1 aliphatic heterocycles. The lowest BCUT2D eigenvalue weighted by Crippen LogP contribution is -2.48. The maximum atomic E-state index is 12.6. The summed E-state index contributed by atoms with van der Waals surface area (Å²) in [7, 11) is -3.21. The summed E-state index contributed by atoms with van der Waals surface area (Å²) in [6, 6.07) is 7.36. The molecule has 31 heavy (non-hydrogen) atoms. The van der Waals surface area contributed by atoms with Crippen molar-refractivity contribution in [1.82, 2.24) is 9.29 Å². The third-order valence-corrected chi connectivity index (χ3v) is 7.14. The van der Waals surface area contributed by atoms with Gasteiger partial charge in [0.05, 0.1) is 29.0 Å². The molecule has 11 heteroatoms. The second-order valence-electron chi connectivity index (χ2n) is 7.24. The number of para-hydroxylation sites is 2. The van der Waals surface area contributed by atoms with Crippen molar-refractivity contribution in [3.8, 4) is 5.75 Å². The Hall–Kier alpha value is -2.07. The number of nitrogens with zero attached hydrogens (tertiary/aromatic N) is 3. The minimum atomic E-state index is -3.21. The average molecular weight is 487 g/mol. The number of halogens is 2. The standard InChI is InChI=1S/C20H24Cl2N4O4S/c1-13-18(21)20(19(22)14(2)23-13)30-12-17(27)24-15-6-4-5-7-16(15)25-8-10-26(11-9-25)31(3,28)29/h4-7H,8-12H2,1-3H3,(H,24,27). The molecule has 0 spiro atoms. The van der Waals surface area contributed by atoms with E-state index in [1.165, 1.54) is 10.6 Å². The lowest BCUT2D eigenvalue weighted by Gasteiger charge is -2.35. The largest absolute Gasteiger partial charge is 0.480 e. The molecule has 1 saturated heterocycles. The van der Waals surface area contributed by atoms with Crippen molar-refractivity contribution in [3.05, 3.63) is 45.7 Å². The highest BCUT2D eigenvalue weighted by Crippen LogP contribution is 2.36. The van der Waals surface area contributed by atoms with Gasteiger partial charge in [-0.3, -0.25) is 9.78 Å².